The Morgan fingerprint density at radius 1 is 0.763 bits per heavy atom. The number of amides is 1. The zero-order valence-electron chi connectivity index (χ0n) is 20.6. The second-order valence-corrected chi connectivity index (χ2v) is 7.91. The maximum atomic E-state index is 12.5. The molecular weight excluding hydrogens is 490 g/mol. The number of hydrogen-bond acceptors (Lipinski definition) is 8. The summed E-state index contributed by atoms with van der Waals surface area (Å²) in [5.74, 6) is -0.416. The average Bonchev–Trinajstić information content (AvgIpc) is 2.94. The van der Waals surface area contributed by atoms with E-state index in [-0.39, 0.29) is 12.5 Å². The highest BCUT2D eigenvalue weighted by Crippen LogP contribution is 2.23. The number of rotatable bonds is 12. The molecule has 1 amide bonds. The normalized spacial score (nSPS) is 12.2. The molecule has 1 aliphatic rings. The number of carbonyl (C=O) groups is 4. The zero-order chi connectivity index (χ0) is 27.3. The smallest absolute Gasteiger partial charge is 0.343 e. The first-order chi connectivity index (χ1) is 18.4. The number of hydrogen-bond donors (Lipinski definition) is 1. The lowest BCUT2D eigenvalue weighted by Crippen LogP contribution is -2.11. The van der Waals surface area contributed by atoms with Gasteiger partial charge in [0.2, 0.25) is 5.91 Å². The van der Waals surface area contributed by atoms with E-state index in [1.165, 1.54) is 0 Å². The van der Waals surface area contributed by atoms with E-state index < -0.39 is 17.9 Å². The second-order valence-electron chi connectivity index (χ2n) is 7.91. The van der Waals surface area contributed by atoms with E-state index in [4.69, 9.17) is 18.9 Å². The van der Waals surface area contributed by atoms with E-state index in [2.05, 4.69) is 18.5 Å². The Balaban J connectivity index is 1.45. The first-order valence-electron chi connectivity index (χ1n) is 11.8. The van der Waals surface area contributed by atoms with Crippen molar-refractivity contribution >= 4 is 29.5 Å². The molecule has 3 rings (SSSR count). The summed E-state index contributed by atoms with van der Waals surface area (Å²) in [5, 5.41) is 2.60. The molecule has 38 heavy (non-hydrogen) atoms. The molecule has 0 bridgehead atoms. The molecule has 0 aromatic heterocycles. The second kappa shape index (κ2) is 14.0. The van der Waals surface area contributed by atoms with E-state index in [1.807, 2.05) is 0 Å². The highest BCUT2D eigenvalue weighted by Gasteiger charge is 2.17. The van der Waals surface area contributed by atoms with Crippen LogP contribution in [0.4, 0.5) is 5.69 Å². The minimum atomic E-state index is -0.535. The van der Waals surface area contributed by atoms with Crippen molar-refractivity contribution in [3.8, 4) is 5.75 Å². The van der Waals surface area contributed by atoms with Gasteiger partial charge >= 0.3 is 17.9 Å². The zero-order valence-corrected chi connectivity index (χ0v) is 20.6. The fourth-order valence-corrected chi connectivity index (χ4v) is 3.18. The number of benzene rings is 2. The summed E-state index contributed by atoms with van der Waals surface area (Å²) < 4.78 is 21.3. The largest absolute Gasteiger partial charge is 0.493 e. The molecule has 9 heteroatoms. The SMILES string of the molecule is C=CC(=O)Nc1ccc(C(=O)OC2=CC=C(OC(=O)c3ccc(OCCCOC(=O)C=C)cc3)CC2)cc1. The molecule has 0 atom stereocenters. The Hall–Kier alpha value is -4.92. The standard InChI is InChI=1S/C29H27NO8/c1-3-26(31)30-22-10-6-20(7-11-22)28(33)37-24-14-16-25(17-15-24)38-29(34)21-8-12-23(13-9-21)35-18-5-19-36-27(32)4-2/h3-4,6-14,16H,1-2,5,15,17-19H2,(H,30,31). The van der Waals surface area contributed by atoms with Gasteiger partial charge in [-0.3, -0.25) is 4.79 Å². The first kappa shape index (κ1) is 27.7. The molecule has 1 N–H and O–H groups in total. The molecule has 0 heterocycles. The molecule has 9 nitrogen and oxygen atoms in total. The van der Waals surface area contributed by atoms with Gasteiger partial charge in [-0.25, -0.2) is 14.4 Å². The Kier molecular flexibility index (Phi) is 10.2. The highest BCUT2D eigenvalue weighted by molar-refractivity contribution is 5.99. The van der Waals surface area contributed by atoms with Gasteiger partial charge in [-0.2, -0.15) is 0 Å². The van der Waals surface area contributed by atoms with Crippen molar-refractivity contribution in [2.24, 2.45) is 0 Å². The van der Waals surface area contributed by atoms with Crippen LogP contribution in [0.25, 0.3) is 0 Å². The Morgan fingerprint density at radius 3 is 1.82 bits per heavy atom. The van der Waals surface area contributed by atoms with E-state index in [9.17, 15) is 19.2 Å². The molecule has 0 spiro atoms. The number of carbonyl (C=O) groups excluding carboxylic acids is 4. The van der Waals surface area contributed by atoms with Crippen LogP contribution < -0.4 is 10.1 Å². The van der Waals surface area contributed by atoms with Crippen LogP contribution in [-0.2, 0) is 23.8 Å². The fourth-order valence-electron chi connectivity index (χ4n) is 3.18. The molecule has 0 radical (unpaired) electrons. The summed E-state index contributed by atoms with van der Waals surface area (Å²) in [6.45, 7) is 7.28. The quantitative estimate of drug-likeness (QED) is 0.183. The minimum absolute atomic E-state index is 0.226. The molecule has 0 saturated heterocycles. The maximum Gasteiger partial charge on any atom is 0.343 e. The molecule has 1 aliphatic carbocycles. The third-order valence-electron chi connectivity index (χ3n) is 5.15. The van der Waals surface area contributed by atoms with Crippen LogP contribution in [0.3, 0.4) is 0 Å². The predicted molar refractivity (Wildman–Crippen MR) is 139 cm³/mol. The Labute approximate surface area is 220 Å². The fraction of sp³-hybridized carbons (Fsp3) is 0.172. The van der Waals surface area contributed by atoms with Gasteiger partial charge in [0.25, 0.3) is 0 Å². The van der Waals surface area contributed by atoms with Crippen molar-refractivity contribution in [3.63, 3.8) is 0 Å². The molecule has 196 valence electrons. The van der Waals surface area contributed by atoms with Gasteiger partial charge in [0, 0.05) is 31.0 Å². The van der Waals surface area contributed by atoms with Crippen molar-refractivity contribution in [2.75, 3.05) is 18.5 Å². The third kappa shape index (κ3) is 8.63. The van der Waals surface area contributed by atoms with Crippen LogP contribution in [0.5, 0.6) is 5.75 Å². The van der Waals surface area contributed by atoms with Crippen LogP contribution in [-0.4, -0.2) is 37.0 Å². The van der Waals surface area contributed by atoms with Gasteiger partial charge < -0.3 is 24.3 Å². The lowest BCUT2D eigenvalue weighted by molar-refractivity contribution is -0.137. The monoisotopic (exact) mass is 517 g/mol. The number of nitrogens with one attached hydrogen (secondary N) is 1. The van der Waals surface area contributed by atoms with Gasteiger partial charge in [0.1, 0.15) is 17.3 Å². The van der Waals surface area contributed by atoms with Gasteiger partial charge in [0.05, 0.1) is 24.3 Å². The first-order valence-corrected chi connectivity index (χ1v) is 11.8. The van der Waals surface area contributed by atoms with Crippen molar-refractivity contribution < 1.29 is 38.1 Å². The summed E-state index contributed by atoms with van der Waals surface area (Å²) in [6, 6.07) is 12.8. The van der Waals surface area contributed by atoms with E-state index in [0.717, 1.165) is 12.2 Å². The molecule has 0 fully saturated rings. The number of allylic oxidation sites excluding steroid dienone is 4. The topological polar surface area (TPSA) is 117 Å². The Bertz CT molecular complexity index is 1260. The van der Waals surface area contributed by atoms with E-state index in [0.29, 0.717) is 60.0 Å². The van der Waals surface area contributed by atoms with Gasteiger partial charge in [-0.05, 0) is 66.8 Å². The van der Waals surface area contributed by atoms with Crippen molar-refractivity contribution in [2.45, 2.75) is 19.3 Å². The van der Waals surface area contributed by atoms with Crippen LogP contribution in [0.2, 0.25) is 0 Å². The van der Waals surface area contributed by atoms with E-state index >= 15 is 0 Å². The van der Waals surface area contributed by atoms with E-state index in [1.54, 1.807) is 60.7 Å². The van der Waals surface area contributed by atoms with Gasteiger partial charge in [-0.15, -0.1) is 0 Å². The number of ether oxygens (including phenoxy) is 4. The lowest BCUT2D eigenvalue weighted by atomic mass is 10.1. The van der Waals surface area contributed by atoms with Crippen LogP contribution in [0.15, 0.2) is 97.5 Å². The predicted octanol–water partition coefficient (Wildman–Crippen LogP) is 4.88. The summed E-state index contributed by atoms with van der Waals surface area (Å²) in [5.41, 5.74) is 1.21. The summed E-state index contributed by atoms with van der Waals surface area (Å²) in [7, 11) is 0. The highest BCUT2D eigenvalue weighted by atomic mass is 16.5. The molecular formula is C29H27NO8. The summed E-state index contributed by atoms with van der Waals surface area (Å²) in [4.78, 5) is 47.2. The average molecular weight is 518 g/mol. The van der Waals surface area contributed by atoms with Crippen molar-refractivity contribution in [1.29, 1.82) is 0 Å². The van der Waals surface area contributed by atoms with Gasteiger partial charge in [0.15, 0.2) is 0 Å². The van der Waals surface area contributed by atoms with Crippen LogP contribution >= 0.6 is 0 Å². The van der Waals surface area contributed by atoms with Gasteiger partial charge in [-0.1, -0.05) is 13.2 Å². The van der Waals surface area contributed by atoms with Crippen molar-refractivity contribution in [1.82, 2.24) is 0 Å². The third-order valence-corrected chi connectivity index (χ3v) is 5.15. The molecule has 2 aromatic carbocycles. The minimum Gasteiger partial charge on any atom is -0.493 e. The maximum absolute atomic E-state index is 12.5. The molecule has 0 aliphatic heterocycles. The van der Waals surface area contributed by atoms with Crippen LogP contribution in [0, 0.1) is 0 Å². The number of esters is 3. The molecule has 2 aromatic rings. The number of anilines is 1. The summed E-state index contributed by atoms with van der Waals surface area (Å²) in [6.07, 6.45) is 6.72. The molecule has 0 unspecified atom stereocenters. The van der Waals surface area contributed by atoms with Crippen LogP contribution in [0.1, 0.15) is 40.0 Å². The lowest BCUT2D eigenvalue weighted by Gasteiger charge is -2.15. The molecule has 0 saturated carbocycles. The summed E-state index contributed by atoms with van der Waals surface area (Å²) >= 11 is 0. The van der Waals surface area contributed by atoms with Crippen molar-refractivity contribution in [3.05, 3.63) is 109 Å². The Morgan fingerprint density at radius 2 is 1.32 bits per heavy atom.